The van der Waals surface area contributed by atoms with E-state index in [2.05, 4.69) is 20.9 Å². The summed E-state index contributed by atoms with van der Waals surface area (Å²) >= 11 is 3.39. The number of aliphatic hydroxyl groups is 1. The van der Waals surface area contributed by atoms with Crippen molar-refractivity contribution >= 4 is 26.8 Å². The maximum atomic E-state index is 12.4. The molecular weight excluding hydrogens is 308 g/mol. The Hall–Kier alpha value is -1.20. The van der Waals surface area contributed by atoms with Crippen molar-refractivity contribution in [3.05, 3.63) is 38.9 Å². The summed E-state index contributed by atoms with van der Waals surface area (Å²) in [6.07, 6.45) is 0.640. The van der Waals surface area contributed by atoms with Crippen LogP contribution < -0.4 is 5.56 Å². The van der Waals surface area contributed by atoms with Crippen molar-refractivity contribution < 1.29 is 5.11 Å². The van der Waals surface area contributed by atoms with Crippen molar-refractivity contribution in [2.75, 3.05) is 0 Å². The fraction of sp³-hybridized carbons (Fsp3) is 0.429. The molecule has 0 radical (unpaired) electrons. The van der Waals surface area contributed by atoms with E-state index >= 15 is 0 Å². The Morgan fingerprint density at radius 1 is 1.47 bits per heavy atom. The molecule has 0 saturated heterocycles. The van der Waals surface area contributed by atoms with Crippen molar-refractivity contribution in [1.82, 2.24) is 9.55 Å². The molecule has 0 saturated carbocycles. The van der Waals surface area contributed by atoms with Crippen LogP contribution in [-0.4, -0.2) is 20.3 Å². The number of rotatable bonds is 1. The zero-order valence-corrected chi connectivity index (χ0v) is 12.4. The quantitative estimate of drug-likeness (QED) is 0.874. The van der Waals surface area contributed by atoms with Gasteiger partial charge in [-0.2, -0.15) is 0 Å². The first-order valence-electron chi connectivity index (χ1n) is 6.27. The van der Waals surface area contributed by atoms with E-state index in [1.54, 1.807) is 24.5 Å². The molecule has 0 spiro atoms. The molecule has 2 aromatic rings. The lowest BCUT2D eigenvalue weighted by molar-refractivity contribution is 0.0173. The predicted octanol–water partition coefficient (Wildman–Crippen LogP) is 2.10. The lowest BCUT2D eigenvalue weighted by Crippen LogP contribution is -2.32. The number of benzene rings is 1. The van der Waals surface area contributed by atoms with Crippen LogP contribution in [0.2, 0.25) is 0 Å². The van der Waals surface area contributed by atoms with E-state index in [0.717, 1.165) is 10.3 Å². The highest BCUT2D eigenvalue weighted by Gasteiger charge is 2.34. The molecule has 19 heavy (non-hydrogen) atoms. The zero-order chi connectivity index (χ0) is 13.8. The van der Waals surface area contributed by atoms with E-state index in [1.165, 1.54) is 0 Å². The Kier molecular flexibility index (Phi) is 2.80. The maximum absolute atomic E-state index is 12.4. The van der Waals surface area contributed by atoms with E-state index in [1.807, 2.05) is 12.1 Å². The Morgan fingerprint density at radius 3 is 2.89 bits per heavy atom. The zero-order valence-electron chi connectivity index (χ0n) is 10.9. The van der Waals surface area contributed by atoms with Crippen LogP contribution >= 0.6 is 15.9 Å². The highest BCUT2D eigenvalue weighted by molar-refractivity contribution is 9.10. The summed E-state index contributed by atoms with van der Waals surface area (Å²) in [5.74, 6) is 0.802. The molecule has 1 aromatic heterocycles. The van der Waals surface area contributed by atoms with E-state index in [0.29, 0.717) is 23.9 Å². The first kappa shape index (κ1) is 12.8. The summed E-state index contributed by atoms with van der Waals surface area (Å²) in [4.78, 5) is 17.0. The molecule has 1 aliphatic rings. The standard InChI is InChI=1S/C14H15BrN2O2/c1-14(2,19)8-5-12-16-11-6-9(15)3-4-10(11)13(18)17(12)7-8/h3-4,6,8,19H,5,7H2,1-2H3. The summed E-state index contributed by atoms with van der Waals surface area (Å²) < 4.78 is 2.60. The number of hydrogen-bond donors (Lipinski definition) is 1. The van der Waals surface area contributed by atoms with Gasteiger partial charge in [-0.05, 0) is 32.0 Å². The largest absolute Gasteiger partial charge is 0.390 e. The minimum Gasteiger partial charge on any atom is -0.390 e. The number of aromatic nitrogens is 2. The summed E-state index contributed by atoms with van der Waals surface area (Å²) in [6.45, 7) is 4.10. The molecule has 0 bridgehead atoms. The van der Waals surface area contributed by atoms with Crippen LogP contribution in [0.3, 0.4) is 0 Å². The number of halogens is 1. The van der Waals surface area contributed by atoms with Gasteiger partial charge >= 0.3 is 0 Å². The van der Waals surface area contributed by atoms with Gasteiger partial charge in [-0.25, -0.2) is 4.98 Å². The van der Waals surface area contributed by atoms with Crippen molar-refractivity contribution in [3.8, 4) is 0 Å². The van der Waals surface area contributed by atoms with E-state index < -0.39 is 5.60 Å². The van der Waals surface area contributed by atoms with Gasteiger partial charge in [-0.15, -0.1) is 0 Å². The second-order valence-electron chi connectivity index (χ2n) is 5.66. The Morgan fingerprint density at radius 2 is 2.21 bits per heavy atom. The van der Waals surface area contributed by atoms with Crippen LogP contribution in [0.4, 0.5) is 0 Å². The molecule has 4 nitrogen and oxygen atoms in total. The number of fused-ring (bicyclic) bond motifs is 2. The third kappa shape index (κ3) is 2.11. The van der Waals surface area contributed by atoms with Gasteiger partial charge in [0.05, 0.1) is 16.5 Å². The van der Waals surface area contributed by atoms with Gasteiger partial charge in [0.15, 0.2) is 0 Å². The second-order valence-corrected chi connectivity index (χ2v) is 6.58. The minimum absolute atomic E-state index is 0.0146. The van der Waals surface area contributed by atoms with Gasteiger partial charge in [0.2, 0.25) is 0 Å². The van der Waals surface area contributed by atoms with Gasteiger partial charge in [0.25, 0.3) is 5.56 Å². The molecule has 3 rings (SSSR count). The number of nitrogens with zero attached hydrogens (tertiary/aromatic N) is 2. The van der Waals surface area contributed by atoms with Crippen LogP contribution in [0.25, 0.3) is 10.9 Å². The highest BCUT2D eigenvalue weighted by Crippen LogP contribution is 2.28. The van der Waals surface area contributed by atoms with Crippen LogP contribution in [-0.2, 0) is 13.0 Å². The molecule has 2 heterocycles. The van der Waals surface area contributed by atoms with Crippen molar-refractivity contribution in [1.29, 1.82) is 0 Å². The fourth-order valence-electron chi connectivity index (χ4n) is 2.56. The molecule has 1 atom stereocenters. The summed E-state index contributed by atoms with van der Waals surface area (Å²) in [7, 11) is 0. The average Bonchev–Trinajstić information content (AvgIpc) is 2.72. The summed E-state index contributed by atoms with van der Waals surface area (Å²) in [5.41, 5.74) is -0.103. The maximum Gasteiger partial charge on any atom is 0.261 e. The molecular formula is C14H15BrN2O2. The van der Waals surface area contributed by atoms with Crippen LogP contribution in [0.5, 0.6) is 0 Å². The van der Waals surface area contributed by atoms with Crippen molar-refractivity contribution in [3.63, 3.8) is 0 Å². The second kappa shape index (κ2) is 4.15. The van der Waals surface area contributed by atoms with Crippen LogP contribution in [0, 0.1) is 5.92 Å². The fourth-order valence-corrected chi connectivity index (χ4v) is 2.91. The molecule has 100 valence electrons. The summed E-state index contributed by atoms with van der Waals surface area (Å²) in [6, 6.07) is 5.50. The summed E-state index contributed by atoms with van der Waals surface area (Å²) in [5, 5.41) is 10.7. The van der Waals surface area contributed by atoms with E-state index in [-0.39, 0.29) is 11.5 Å². The third-order valence-corrected chi connectivity index (χ3v) is 4.32. The molecule has 0 amide bonds. The topological polar surface area (TPSA) is 55.1 Å². The average molecular weight is 323 g/mol. The smallest absolute Gasteiger partial charge is 0.261 e. The van der Waals surface area contributed by atoms with E-state index in [9.17, 15) is 9.90 Å². The number of hydrogen-bond acceptors (Lipinski definition) is 3. The molecule has 1 aromatic carbocycles. The lowest BCUT2D eigenvalue weighted by Gasteiger charge is -2.23. The predicted molar refractivity (Wildman–Crippen MR) is 77.2 cm³/mol. The monoisotopic (exact) mass is 322 g/mol. The Bertz CT molecular complexity index is 716. The van der Waals surface area contributed by atoms with Gasteiger partial charge in [-0.3, -0.25) is 9.36 Å². The molecule has 0 aliphatic carbocycles. The van der Waals surface area contributed by atoms with Gasteiger partial charge in [0, 0.05) is 23.4 Å². The van der Waals surface area contributed by atoms with Crippen molar-refractivity contribution in [2.24, 2.45) is 5.92 Å². The first-order chi connectivity index (χ1) is 8.86. The van der Waals surface area contributed by atoms with Gasteiger partial charge in [-0.1, -0.05) is 15.9 Å². The Balaban J connectivity index is 2.18. The lowest BCUT2D eigenvalue weighted by atomic mass is 9.90. The first-order valence-corrected chi connectivity index (χ1v) is 7.07. The molecule has 1 aliphatic heterocycles. The highest BCUT2D eigenvalue weighted by atomic mass is 79.9. The molecule has 5 heteroatoms. The SMILES string of the molecule is CC(C)(O)C1Cc2nc3cc(Br)ccc3c(=O)n2C1. The third-order valence-electron chi connectivity index (χ3n) is 3.83. The van der Waals surface area contributed by atoms with Crippen molar-refractivity contribution in [2.45, 2.75) is 32.4 Å². The molecule has 0 fully saturated rings. The Labute approximate surface area is 119 Å². The van der Waals surface area contributed by atoms with Gasteiger partial charge < -0.3 is 5.11 Å². The molecule has 1 unspecified atom stereocenters. The molecule has 1 N–H and O–H groups in total. The minimum atomic E-state index is -0.799. The van der Waals surface area contributed by atoms with Crippen LogP contribution in [0.1, 0.15) is 19.7 Å². The van der Waals surface area contributed by atoms with Crippen LogP contribution in [0.15, 0.2) is 27.5 Å². The van der Waals surface area contributed by atoms with Gasteiger partial charge in [0.1, 0.15) is 5.82 Å². The normalized spacial score (nSPS) is 18.8. The van der Waals surface area contributed by atoms with E-state index in [4.69, 9.17) is 0 Å².